The van der Waals surface area contributed by atoms with Gasteiger partial charge in [-0.05, 0) is 35.9 Å². The van der Waals surface area contributed by atoms with E-state index in [1.54, 1.807) is 0 Å². The first-order valence-corrected chi connectivity index (χ1v) is 7.60. The van der Waals surface area contributed by atoms with Gasteiger partial charge in [0.05, 0.1) is 0 Å². The molecule has 0 aliphatic rings. The van der Waals surface area contributed by atoms with Crippen LogP contribution in [0.3, 0.4) is 0 Å². The Bertz CT molecular complexity index is 628. The zero-order valence-electron chi connectivity index (χ0n) is 10.9. The lowest BCUT2D eigenvalue weighted by atomic mass is 10.1. The molecule has 20 heavy (non-hydrogen) atoms. The summed E-state index contributed by atoms with van der Waals surface area (Å²) in [5.74, 6) is 0. The number of nitrogens with zero attached hydrogens (tertiary/aromatic N) is 1. The lowest BCUT2D eigenvalue weighted by Crippen LogP contribution is -2.21. The number of thiocarbonyl (C=S) groups is 1. The molecule has 0 bridgehead atoms. The quantitative estimate of drug-likeness (QED) is 0.811. The van der Waals surface area contributed by atoms with E-state index in [9.17, 15) is 0 Å². The van der Waals surface area contributed by atoms with Crippen LogP contribution in [0.2, 0.25) is 5.02 Å². The fourth-order valence-electron chi connectivity index (χ4n) is 1.98. The largest absolute Gasteiger partial charge is 0.389 e. The molecule has 2 aromatic carbocycles. The molecule has 0 atom stereocenters. The van der Waals surface area contributed by atoms with Gasteiger partial charge in [0.1, 0.15) is 4.99 Å². The molecule has 5 heteroatoms. The highest BCUT2D eigenvalue weighted by atomic mass is 79.9. The highest BCUT2D eigenvalue weighted by molar-refractivity contribution is 9.10. The number of hydrogen-bond donors (Lipinski definition) is 1. The summed E-state index contributed by atoms with van der Waals surface area (Å²) in [7, 11) is 2.01. The summed E-state index contributed by atoms with van der Waals surface area (Å²) in [6.07, 6.45) is 0. The SMILES string of the molecule is CN(Cc1ccc(Cl)cc1)c1cc(Br)ccc1C(N)=S. The molecule has 2 rings (SSSR count). The average molecular weight is 370 g/mol. The molecule has 0 aromatic heterocycles. The van der Waals surface area contributed by atoms with Crippen LogP contribution < -0.4 is 10.6 Å². The molecule has 104 valence electrons. The van der Waals surface area contributed by atoms with Gasteiger partial charge in [0.15, 0.2) is 0 Å². The highest BCUT2D eigenvalue weighted by Gasteiger charge is 2.10. The predicted molar refractivity (Wildman–Crippen MR) is 93.6 cm³/mol. The Kier molecular flexibility index (Phi) is 5.02. The first-order chi connectivity index (χ1) is 9.47. The third-order valence-corrected chi connectivity index (χ3v) is 3.93. The molecule has 0 aliphatic heterocycles. The average Bonchev–Trinajstić information content (AvgIpc) is 2.41. The van der Waals surface area contributed by atoms with E-state index in [0.29, 0.717) is 4.99 Å². The molecular formula is C15H14BrClN2S. The van der Waals surface area contributed by atoms with Gasteiger partial charge in [-0.15, -0.1) is 0 Å². The third kappa shape index (κ3) is 3.72. The summed E-state index contributed by atoms with van der Waals surface area (Å²) in [5.41, 5.74) is 8.84. The van der Waals surface area contributed by atoms with E-state index in [4.69, 9.17) is 29.6 Å². The minimum atomic E-state index is 0.399. The first-order valence-electron chi connectivity index (χ1n) is 6.02. The molecule has 0 spiro atoms. The van der Waals surface area contributed by atoms with Gasteiger partial charge < -0.3 is 10.6 Å². The molecule has 0 saturated heterocycles. The van der Waals surface area contributed by atoms with Crippen LogP contribution in [0.1, 0.15) is 11.1 Å². The maximum absolute atomic E-state index is 5.90. The van der Waals surface area contributed by atoms with Crippen molar-refractivity contribution in [3.05, 3.63) is 63.1 Å². The molecule has 2 nitrogen and oxygen atoms in total. The van der Waals surface area contributed by atoms with Gasteiger partial charge in [-0.25, -0.2) is 0 Å². The van der Waals surface area contributed by atoms with Crippen molar-refractivity contribution >= 4 is 50.4 Å². The summed E-state index contributed by atoms with van der Waals surface area (Å²) < 4.78 is 0.996. The van der Waals surface area contributed by atoms with E-state index < -0.39 is 0 Å². The maximum atomic E-state index is 5.90. The Balaban J connectivity index is 2.28. The van der Waals surface area contributed by atoms with E-state index in [2.05, 4.69) is 20.8 Å². The van der Waals surface area contributed by atoms with Crippen LogP contribution in [-0.2, 0) is 6.54 Å². The fourth-order valence-corrected chi connectivity index (χ4v) is 2.63. The summed E-state index contributed by atoms with van der Waals surface area (Å²) in [5, 5.41) is 0.739. The molecule has 0 amide bonds. The van der Waals surface area contributed by atoms with Gasteiger partial charge >= 0.3 is 0 Å². The van der Waals surface area contributed by atoms with Crippen LogP contribution >= 0.6 is 39.7 Å². The molecule has 0 radical (unpaired) electrons. The van der Waals surface area contributed by atoms with E-state index in [1.807, 2.05) is 49.5 Å². The van der Waals surface area contributed by atoms with Gasteiger partial charge in [-0.2, -0.15) is 0 Å². The molecule has 2 aromatic rings. The Labute approximate surface area is 137 Å². The lowest BCUT2D eigenvalue weighted by Gasteiger charge is -2.22. The van der Waals surface area contributed by atoms with Crippen molar-refractivity contribution in [3.8, 4) is 0 Å². The van der Waals surface area contributed by atoms with Gasteiger partial charge in [0, 0.05) is 34.3 Å². The van der Waals surface area contributed by atoms with Crippen molar-refractivity contribution < 1.29 is 0 Å². The molecule has 0 heterocycles. The zero-order valence-corrected chi connectivity index (χ0v) is 14.1. The fraction of sp³-hybridized carbons (Fsp3) is 0.133. The first kappa shape index (κ1) is 15.3. The summed E-state index contributed by atoms with van der Waals surface area (Å²) in [6.45, 7) is 0.753. The van der Waals surface area contributed by atoms with Gasteiger partial charge in [0.25, 0.3) is 0 Å². The number of nitrogens with two attached hydrogens (primary N) is 1. The van der Waals surface area contributed by atoms with Crippen LogP contribution in [0.15, 0.2) is 46.9 Å². The maximum Gasteiger partial charge on any atom is 0.106 e. The minimum Gasteiger partial charge on any atom is -0.389 e. The molecule has 0 aliphatic carbocycles. The van der Waals surface area contributed by atoms with Crippen LogP contribution in [0.4, 0.5) is 5.69 Å². The van der Waals surface area contributed by atoms with Crippen molar-refractivity contribution in [1.82, 2.24) is 0 Å². The van der Waals surface area contributed by atoms with Crippen molar-refractivity contribution in [2.75, 3.05) is 11.9 Å². The van der Waals surface area contributed by atoms with Gasteiger partial charge in [0.2, 0.25) is 0 Å². The summed E-state index contributed by atoms with van der Waals surface area (Å²) in [4.78, 5) is 2.51. The van der Waals surface area contributed by atoms with E-state index in [0.717, 1.165) is 27.3 Å². The predicted octanol–water partition coefficient (Wildman–Crippen LogP) is 4.37. The Hall–Kier alpha value is -1.10. The number of rotatable bonds is 4. The standard InChI is InChI=1S/C15H14BrClN2S/c1-19(9-10-2-5-12(17)6-3-10)14-8-11(16)4-7-13(14)15(18)20/h2-8H,9H2,1H3,(H2,18,20). The van der Waals surface area contributed by atoms with Gasteiger partial charge in [-0.1, -0.05) is 51.9 Å². The van der Waals surface area contributed by atoms with Crippen molar-refractivity contribution in [2.24, 2.45) is 5.73 Å². The topological polar surface area (TPSA) is 29.3 Å². The second-order valence-corrected chi connectivity index (χ2v) is 6.30. The third-order valence-electron chi connectivity index (χ3n) is 2.97. The Morgan fingerprint density at radius 3 is 2.50 bits per heavy atom. The number of anilines is 1. The molecule has 0 fully saturated rings. The van der Waals surface area contributed by atoms with Gasteiger partial charge in [-0.3, -0.25) is 0 Å². The second kappa shape index (κ2) is 6.57. The normalized spacial score (nSPS) is 10.3. The second-order valence-electron chi connectivity index (χ2n) is 4.51. The number of benzene rings is 2. The zero-order chi connectivity index (χ0) is 14.7. The van der Waals surface area contributed by atoms with Crippen LogP contribution in [0.5, 0.6) is 0 Å². The molecular weight excluding hydrogens is 356 g/mol. The molecule has 0 saturated carbocycles. The van der Waals surface area contributed by atoms with Crippen LogP contribution in [0.25, 0.3) is 0 Å². The minimum absolute atomic E-state index is 0.399. The number of halogens is 2. The van der Waals surface area contributed by atoms with Crippen molar-refractivity contribution in [3.63, 3.8) is 0 Å². The van der Waals surface area contributed by atoms with Crippen LogP contribution in [0, 0.1) is 0 Å². The monoisotopic (exact) mass is 368 g/mol. The Morgan fingerprint density at radius 1 is 1.25 bits per heavy atom. The highest BCUT2D eigenvalue weighted by Crippen LogP contribution is 2.26. The van der Waals surface area contributed by atoms with E-state index >= 15 is 0 Å². The molecule has 0 unspecified atom stereocenters. The smallest absolute Gasteiger partial charge is 0.106 e. The molecule has 2 N–H and O–H groups in total. The van der Waals surface area contributed by atoms with Crippen molar-refractivity contribution in [2.45, 2.75) is 6.54 Å². The van der Waals surface area contributed by atoms with E-state index in [-0.39, 0.29) is 0 Å². The Morgan fingerprint density at radius 2 is 1.90 bits per heavy atom. The number of hydrogen-bond acceptors (Lipinski definition) is 2. The van der Waals surface area contributed by atoms with Crippen LogP contribution in [-0.4, -0.2) is 12.0 Å². The summed E-state index contributed by atoms with van der Waals surface area (Å²) >= 11 is 14.5. The summed E-state index contributed by atoms with van der Waals surface area (Å²) in [6, 6.07) is 13.7. The van der Waals surface area contributed by atoms with E-state index in [1.165, 1.54) is 5.56 Å². The van der Waals surface area contributed by atoms with Crippen molar-refractivity contribution in [1.29, 1.82) is 0 Å². The lowest BCUT2D eigenvalue weighted by molar-refractivity contribution is 0.921.